The van der Waals surface area contributed by atoms with E-state index >= 15 is 0 Å². The van der Waals surface area contributed by atoms with Crippen LogP contribution in [0.4, 0.5) is 0 Å². The summed E-state index contributed by atoms with van der Waals surface area (Å²) in [6.07, 6.45) is 0.126. The van der Waals surface area contributed by atoms with E-state index in [4.69, 9.17) is 15.7 Å². The second kappa shape index (κ2) is 7.78. The Hall–Kier alpha value is -2.88. The van der Waals surface area contributed by atoms with Crippen molar-refractivity contribution in [2.75, 3.05) is 0 Å². The quantitative estimate of drug-likeness (QED) is 0.593. The van der Waals surface area contributed by atoms with Crippen molar-refractivity contribution < 1.29 is 19.1 Å². The standard InChI is InChI=1S/C15H17N3O4/c1-9(8-16)6-13(14(17)20)18-15(21)11-4-3-5-12(7-11)22-10(2)19/h3-5,7,9,13H,6H2,1-2H3,(H2,17,20)(H,18,21)/t9-,13+/m1/s1. The molecular formula is C15H17N3O4. The van der Waals surface area contributed by atoms with Gasteiger partial charge in [0, 0.05) is 18.4 Å². The van der Waals surface area contributed by atoms with E-state index in [1.54, 1.807) is 13.0 Å². The van der Waals surface area contributed by atoms with Crippen LogP contribution in [0, 0.1) is 17.2 Å². The Morgan fingerprint density at radius 3 is 2.64 bits per heavy atom. The van der Waals surface area contributed by atoms with Gasteiger partial charge in [0.15, 0.2) is 0 Å². The van der Waals surface area contributed by atoms with Crippen molar-refractivity contribution in [3.63, 3.8) is 0 Å². The molecule has 0 aliphatic rings. The molecule has 0 saturated heterocycles. The number of nitrogens with one attached hydrogen (secondary N) is 1. The number of hydrogen-bond donors (Lipinski definition) is 2. The molecular weight excluding hydrogens is 286 g/mol. The van der Waals surface area contributed by atoms with E-state index in [2.05, 4.69) is 5.32 Å². The van der Waals surface area contributed by atoms with Crippen LogP contribution in [0.5, 0.6) is 5.75 Å². The van der Waals surface area contributed by atoms with Crippen LogP contribution in [0.2, 0.25) is 0 Å². The first-order valence-electron chi connectivity index (χ1n) is 6.61. The number of carbonyl (C=O) groups is 3. The number of benzene rings is 1. The predicted molar refractivity (Wildman–Crippen MR) is 77.6 cm³/mol. The van der Waals surface area contributed by atoms with Gasteiger partial charge in [0.1, 0.15) is 11.8 Å². The first-order chi connectivity index (χ1) is 10.3. The Morgan fingerprint density at radius 1 is 1.41 bits per heavy atom. The van der Waals surface area contributed by atoms with Crippen LogP contribution in [0.15, 0.2) is 24.3 Å². The van der Waals surface area contributed by atoms with Gasteiger partial charge in [-0.3, -0.25) is 14.4 Å². The number of nitrogens with zero attached hydrogens (tertiary/aromatic N) is 1. The fourth-order valence-corrected chi connectivity index (χ4v) is 1.76. The van der Waals surface area contributed by atoms with Crippen molar-refractivity contribution in [1.29, 1.82) is 5.26 Å². The Morgan fingerprint density at radius 2 is 2.09 bits per heavy atom. The van der Waals surface area contributed by atoms with Gasteiger partial charge in [-0.25, -0.2) is 0 Å². The van der Waals surface area contributed by atoms with Crippen molar-refractivity contribution >= 4 is 17.8 Å². The lowest BCUT2D eigenvalue weighted by Crippen LogP contribution is -2.45. The monoisotopic (exact) mass is 303 g/mol. The Kier molecular flexibility index (Phi) is 6.08. The lowest BCUT2D eigenvalue weighted by molar-refractivity contribution is -0.131. The lowest BCUT2D eigenvalue weighted by Gasteiger charge is -2.16. The zero-order valence-corrected chi connectivity index (χ0v) is 12.3. The fourth-order valence-electron chi connectivity index (χ4n) is 1.76. The topological polar surface area (TPSA) is 122 Å². The van der Waals surface area contributed by atoms with Crippen molar-refractivity contribution in [2.45, 2.75) is 26.3 Å². The third-order valence-electron chi connectivity index (χ3n) is 2.82. The summed E-state index contributed by atoms with van der Waals surface area (Å²) < 4.78 is 4.89. The highest BCUT2D eigenvalue weighted by Crippen LogP contribution is 2.14. The van der Waals surface area contributed by atoms with E-state index in [1.807, 2.05) is 6.07 Å². The maximum Gasteiger partial charge on any atom is 0.308 e. The van der Waals surface area contributed by atoms with Gasteiger partial charge in [0.2, 0.25) is 5.91 Å². The summed E-state index contributed by atoms with van der Waals surface area (Å²) in [5.41, 5.74) is 5.45. The average molecular weight is 303 g/mol. The third-order valence-corrected chi connectivity index (χ3v) is 2.82. The maximum atomic E-state index is 12.1. The number of esters is 1. The highest BCUT2D eigenvalue weighted by molar-refractivity contribution is 5.97. The second-order valence-electron chi connectivity index (χ2n) is 4.82. The van der Waals surface area contributed by atoms with Gasteiger partial charge in [-0.1, -0.05) is 6.07 Å². The van der Waals surface area contributed by atoms with Crippen molar-refractivity contribution in [2.24, 2.45) is 11.7 Å². The summed E-state index contributed by atoms with van der Waals surface area (Å²) in [5, 5.41) is 11.2. The molecule has 0 heterocycles. The van der Waals surface area contributed by atoms with E-state index in [-0.39, 0.29) is 17.7 Å². The summed E-state index contributed by atoms with van der Waals surface area (Å²) in [4.78, 5) is 34.4. The molecule has 0 radical (unpaired) electrons. The summed E-state index contributed by atoms with van der Waals surface area (Å²) in [7, 11) is 0. The van der Waals surface area contributed by atoms with Gasteiger partial charge in [-0.2, -0.15) is 5.26 Å². The SMILES string of the molecule is CC(=O)Oc1cccc(C(=O)N[C@@H](C[C@@H](C)C#N)C(N)=O)c1. The average Bonchev–Trinajstić information content (AvgIpc) is 2.45. The van der Waals surface area contributed by atoms with E-state index in [9.17, 15) is 14.4 Å². The van der Waals surface area contributed by atoms with Crippen molar-refractivity contribution in [3.8, 4) is 11.8 Å². The minimum atomic E-state index is -0.945. The summed E-state index contributed by atoms with van der Waals surface area (Å²) in [6, 6.07) is 6.99. The minimum Gasteiger partial charge on any atom is -0.427 e. The number of amides is 2. The molecule has 3 N–H and O–H groups in total. The molecule has 2 atom stereocenters. The molecule has 7 heteroatoms. The molecule has 0 saturated carbocycles. The van der Waals surface area contributed by atoms with Gasteiger partial charge >= 0.3 is 5.97 Å². The largest absolute Gasteiger partial charge is 0.427 e. The van der Waals surface area contributed by atoms with Crippen LogP contribution < -0.4 is 15.8 Å². The van der Waals surface area contributed by atoms with Crippen LogP contribution in [0.1, 0.15) is 30.6 Å². The molecule has 0 aliphatic heterocycles. The van der Waals surface area contributed by atoms with E-state index in [1.165, 1.54) is 25.1 Å². The van der Waals surface area contributed by atoms with Crippen LogP contribution in [0.3, 0.4) is 0 Å². The molecule has 22 heavy (non-hydrogen) atoms. The van der Waals surface area contributed by atoms with Crippen LogP contribution >= 0.6 is 0 Å². The molecule has 7 nitrogen and oxygen atoms in total. The van der Waals surface area contributed by atoms with Crippen LogP contribution in [0.25, 0.3) is 0 Å². The van der Waals surface area contributed by atoms with E-state index < -0.39 is 29.7 Å². The zero-order chi connectivity index (χ0) is 16.7. The van der Waals surface area contributed by atoms with Crippen LogP contribution in [-0.2, 0) is 9.59 Å². The first-order valence-corrected chi connectivity index (χ1v) is 6.61. The predicted octanol–water partition coefficient (Wildman–Crippen LogP) is 0.745. The third kappa shape index (κ3) is 5.25. The fraction of sp³-hybridized carbons (Fsp3) is 0.333. The molecule has 116 valence electrons. The normalized spacial score (nSPS) is 12.6. The number of rotatable bonds is 6. The van der Waals surface area contributed by atoms with Gasteiger partial charge in [-0.15, -0.1) is 0 Å². The minimum absolute atomic E-state index is 0.126. The van der Waals surface area contributed by atoms with E-state index in [0.717, 1.165) is 0 Å². The Labute approximate surface area is 128 Å². The lowest BCUT2D eigenvalue weighted by atomic mass is 10.0. The maximum absolute atomic E-state index is 12.1. The summed E-state index contributed by atoms with van der Waals surface area (Å²) >= 11 is 0. The first kappa shape index (κ1) is 17.2. The number of hydrogen-bond acceptors (Lipinski definition) is 5. The number of primary amides is 1. The van der Waals surface area contributed by atoms with Crippen LogP contribution in [-0.4, -0.2) is 23.8 Å². The molecule has 1 rings (SSSR count). The molecule has 0 fully saturated rings. The molecule has 0 aromatic heterocycles. The smallest absolute Gasteiger partial charge is 0.308 e. The Bertz CT molecular complexity index is 621. The molecule has 0 aliphatic carbocycles. The van der Waals surface area contributed by atoms with Gasteiger partial charge in [-0.05, 0) is 31.5 Å². The second-order valence-corrected chi connectivity index (χ2v) is 4.82. The molecule has 1 aromatic rings. The number of ether oxygens (including phenoxy) is 1. The highest BCUT2D eigenvalue weighted by Gasteiger charge is 2.21. The van der Waals surface area contributed by atoms with Crippen molar-refractivity contribution in [3.05, 3.63) is 29.8 Å². The number of nitriles is 1. The van der Waals surface area contributed by atoms with Gasteiger partial charge < -0.3 is 15.8 Å². The zero-order valence-electron chi connectivity index (χ0n) is 12.3. The summed E-state index contributed by atoms with van der Waals surface area (Å²) in [5.74, 6) is -1.96. The number of carbonyl (C=O) groups excluding carboxylic acids is 3. The molecule has 0 spiro atoms. The van der Waals surface area contributed by atoms with Gasteiger partial charge in [0.25, 0.3) is 5.91 Å². The molecule has 0 bridgehead atoms. The van der Waals surface area contributed by atoms with Crippen molar-refractivity contribution in [1.82, 2.24) is 5.32 Å². The highest BCUT2D eigenvalue weighted by atomic mass is 16.5. The van der Waals surface area contributed by atoms with E-state index in [0.29, 0.717) is 0 Å². The molecule has 0 unspecified atom stereocenters. The molecule has 1 aromatic carbocycles. The number of nitrogens with two attached hydrogens (primary N) is 1. The summed E-state index contributed by atoms with van der Waals surface area (Å²) in [6.45, 7) is 2.88. The van der Waals surface area contributed by atoms with Gasteiger partial charge in [0.05, 0.1) is 6.07 Å². The molecule has 2 amide bonds. The Balaban J connectivity index is 2.84.